The number of benzene rings is 1. The summed E-state index contributed by atoms with van der Waals surface area (Å²) in [5.41, 5.74) is 2.22. The lowest BCUT2D eigenvalue weighted by molar-refractivity contribution is 1.60. The number of halogens is 1. The lowest BCUT2D eigenvalue weighted by atomic mass is 10.1. The fraction of sp³-hybridized carbons (Fsp3) is 0.0769. The van der Waals surface area contributed by atoms with Gasteiger partial charge in [-0.1, -0.05) is 54.6 Å². The van der Waals surface area contributed by atoms with Crippen molar-refractivity contribution in [3.05, 3.63) is 65.7 Å². The zero-order valence-corrected chi connectivity index (χ0v) is 8.96. The van der Waals surface area contributed by atoms with Crippen LogP contribution in [-0.4, -0.2) is 0 Å². The molecule has 0 unspecified atom stereocenters. The van der Waals surface area contributed by atoms with Crippen LogP contribution in [0.5, 0.6) is 0 Å². The van der Waals surface area contributed by atoms with Gasteiger partial charge in [0.05, 0.1) is 0 Å². The van der Waals surface area contributed by atoms with Crippen molar-refractivity contribution in [1.29, 1.82) is 0 Å². The Balaban J connectivity index is 3.11. The van der Waals surface area contributed by atoms with E-state index in [9.17, 15) is 0 Å². The average Bonchev–Trinajstić information content (AvgIpc) is 2.17. The number of rotatable bonds is 3. The van der Waals surface area contributed by atoms with Crippen molar-refractivity contribution in [3.8, 4) is 0 Å². The Kier molecular flexibility index (Phi) is 4.21. The third-order valence-electron chi connectivity index (χ3n) is 1.80. The Morgan fingerprint density at radius 2 is 2.21 bits per heavy atom. The van der Waals surface area contributed by atoms with Crippen LogP contribution in [0.3, 0.4) is 0 Å². The molecule has 0 amide bonds. The van der Waals surface area contributed by atoms with Crippen molar-refractivity contribution in [1.82, 2.24) is 0 Å². The van der Waals surface area contributed by atoms with E-state index < -0.39 is 0 Å². The van der Waals surface area contributed by atoms with E-state index in [1.54, 1.807) is 6.08 Å². The minimum absolute atomic E-state index is 0.752. The topological polar surface area (TPSA) is 0 Å². The Morgan fingerprint density at radius 3 is 2.79 bits per heavy atom. The minimum Gasteiger partial charge on any atom is -0.0990 e. The second-order valence-corrected chi connectivity index (χ2v) is 3.30. The summed E-state index contributed by atoms with van der Waals surface area (Å²) < 4.78 is 0. The SMILES string of the molecule is C=C/C=C(\C=C/C)c1cccc(Cl)c1. The lowest BCUT2D eigenvalue weighted by Gasteiger charge is -2.01. The molecule has 1 heteroatoms. The van der Waals surface area contributed by atoms with E-state index in [-0.39, 0.29) is 0 Å². The van der Waals surface area contributed by atoms with E-state index in [2.05, 4.69) is 6.58 Å². The van der Waals surface area contributed by atoms with E-state index >= 15 is 0 Å². The van der Waals surface area contributed by atoms with Gasteiger partial charge in [0, 0.05) is 5.02 Å². The molecule has 0 radical (unpaired) electrons. The smallest absolute Gasteiger partial charge is 0.0412 e. The zero-order chi connectivity index (χ0) is 10.4. The van der Waals surface area contributed by atoms with Crippen molar-refractivity contribution in [2.45, 2.75) is 6.92 Å². The number of hydrogen-bond donors (Lipinski definition) is 0. The summed E-state index contributed by atoms with van der Waals surface area (Å²) in [7, 11) is 0. The maximum Gasteiger partial charge on any atom is 0.0412 e. The van der Waals surface area contributed by atoms with Crippen LogP contribution in [0.4, 0.5) is 0 Å². The van der Waals surface area contributed by atoms with Gasteiger partial charge in [-0.3, -0.25) is 0 Å². The van der Waals surface area contributed by atoms with E-state index in [0.29, 0.717) is 0 Å². The quantitative estimate of drug-likeness (QED) is 0.637. The molecule has 0 aliphatic heterocycles. The zero-order valence-electron chi connectivity index (χ0n) is 8.20. The van der Waals surface area contributed by atoms with Gasteiger partial charge < -0.3 is 0 Å². The maximum absolute atomic E-state index is 5.91. The summed E-state index contributed by atoms with van der Waals surface area (Å²) in [6, 6.07) is 7.78. The molecule has 14 heavy (non-hydrogen) atoms. The highest BCUT2D eigenvalue weighted by molar-refractivity contribution is 6.30. The first kappa shape index (κ1) is 10.8. The molecule has 1 aromatic rings. The van der Waals surface area contributed by atoms with Gasteiger partial charge in [0.2, 0.25) is 0 Å². The maximum atomic E-state index is 5.91. The second kappa shape index (κ2) is 5.46. The molecule has 0 aromatic heterocycles. The van der Waals surface area contributed by atoms with Gasteiger partial charge in [0.1, 0.15) is 0 Å². The summed E-state index contributed by atoms with van der Waals surface area (Å²) in [4.78, 5) is 0. The van der Waals surface area contributed by atoms with Crippen LogP contribution in [0.15, 0.2) is 55.1 Å². The molecule has 0 N–H and O–H groups in total. The predicted molar refractivity (Wildman–Crippen MR) is 64.4 cm³/mol. The minimum atomic E-state index is 0.752. The Hall–Kier alpha value is -1.27. The highest BCUT2D eigenvalue weighted by atomic mass is 35.5. The van der Waals surface area contributed by atoms with Gasteiger partial charge in [-0.2, -0.15) is 0 Å². The average molecular weight is 205 g/mol. The van der Waals surface area contributed by atoms with Crippen LogP contribution in [0.25, 0.3) is 5.57 Å². The van der Waals surface area contributed by atoms with Gasteiger partial charge in [-0.05, 0) is 30.2 Å². The molecule has 1 rings (SSSR count). The number of hydrogen-bond acceptors (Lipinski definition) is 0. The van der Waals surface area contributed by atoms with Gasteiger partial charge in [-0.15, -0.1) is 0 Å². The first-order chi connectivity index (χ1) is 6.77. The largest absolute Gasteiger partial charge is 0.0990 e. The van der Waals surface area contributed by atoms with Crippen LogP contribution in [-0.2, 0) is 0 Å². The molecule has 0 spiro atoms. The molecule has 0 saturated heterocycles. The van der Waals surface area contributed by atoms with Gasteiger partial charge >= 0.3 is 0 Å². The molecular weight excluding hydrogens is 192 g/mol. The summed E-state index contributed by atoms with van der Waals surface area (Å²) in [5.74, 6) is 0. The normalized spacial score (nSPS) is 12.0. The third kappa shape index (κ3) is 2.90. The van der Waals surface area contributed by atoms with Crippen molar-refractivity contribution >= 4 is 17.2 Å². The first-order valence-corrected chi connectivity index (χ1v) is 4.87. The Labute approximate surface area is 90.2 Å². The molecule has 0 nitrogen and oxygen atoms in total. The fourth-order valence-corrected chi connectivity index (χ4v) is 1.41. The highest BCUT2D eigenvalue weighted by Gasteiger charge is 1.96. The van der Waals surface area contributed by atoms with E-state index in [1.165, 1.54) is 0 Å². The van der Waals surface area contributed by atoms with Crippen LogP contribution in [0, 0.1) is 0 Å². The fourth-order valence-electron chi connectivity index (χ4n) is 1.22. The molecule has 0 saturated carbocycles. The molecular formula is C13H13Cl. The van der Waals surface area contributed by atoms with E-state index in [0.717, 1.165) is 16.2 Å². The molecule has 0 heterocycles. The van der Waals surface area contributed by atoms with Gasteiger partial charge in [0.15, 0.2) is 0 Å². The van der Waals surface area contributed by atoms with Crippen LogP contribution in [0.2, 0.25) is 5.02 Å². The lowest BCUT2D eigenvalue weighted by Crippen LogP contribution is -1.79. The third-order valence-corrected chi connectivity index (χ3v) is 2.04. The molecule has 0 aliphatic carbocycles. The van der Waals surface area contributed by atoms with Gasteiger partial charge in [0.25, 0.3) is 0 Å². The van der Waals surface area contributed by atoms with Gasteiger partial charge in [-0.25, -0.2) is 0 Å². The van der Waals surface area contributed by atoms with Crippen LogP contribution < -0.4 is 0 Å². The van der Waals surface area contributed by atoms with Crippen molar-refractivity contribution in [2.24, 2.45) is 0 Å². The second-order valence-electron chi connectivity index (χ2n) is 2.87. The predicted octanol–water partition coefficient (Wildman–Crippen LogP) is 4.49. The van der Waals surface area contributed by atoms with E-state index in [1.807, 2.05) is 49.4 Å². The summed E-state index contributed by atoms with van der Waals surface area (Å²) in [6.07, 6.45) is 7.77. The number of allylic oxidation sites excluding steroid dienone is 5. The summed E-state index contributed by atoms with van der Waals surface area (Å²) >= 11 is 5.91. The molecule has 0 fully saturated rings. The standard InChI is InChI=1S/C13H13Cl/c1-3-6-11(7-4-2)12-8-5-9-13(14)10-12/h3-10H,1H2,2H3/b7-4-,11-6+. The molecule has 0 bridgehead atoms. The van der Waals surface area contributed by atoms with Crippen molar-refractivity contribution in [3.63, 3.8) is 0 Å². The van der Waals surface area contributed by atoms with Crippen molar-refractivity contribution in [2.75, 3.05) is 0 Å². The molecule has 72 valence electrons. The Morgan fingerprint density at radius 1 is 1.43 bits per heavy atom. The molecule has 0 aliphatic rings. The summed E-state index contributed by atoms with van der Waals surface area (Å²) in [6.45, 7) is 5.67. The Bertz CT molecular complexity index is 373. The first-order valence-electron chi connectivity index (χ1n) is 4.49. The van der Waals surface area contributed by atoms with E-state index in [4.69, 9.17) is 11.6 Å². The summed E-state index contributed by atoms with van der Waals surface area (Å²) in [5, 5.41) is 0.752. The van der Waals surface area contributed by atoms with Crippen LogP contribution >= 0.6 is 11.6 Å². The van der Waals surface area contributed by atoms with Crippen LogP contribution in [0.1, 0.15) is 12.5 Å². The van der Waals surface area contributed by atoms with Crippen molar-refractivity contribution < 1.29 is 0 Å². The molecule has 0 atom stereocenters. The monoisotopic (exact) mass is 204 g/mol. The highest BCUT2D eigenvalue weighted by Crippen LogP contribution is 2.19. The molecule has 1 aromatic carbocycles.